The van der Waals surface area contributed by atoms with Crippen molar-refractivity contribution in [1.82, 2.24) is 4.72 Å². The Hall–Kier alpha value is -1.85. The minimum absolute atomic E-state index is 0.0642. The molecule has 2 aromatic carbocycles. The summed E-state index contributed by atoms with van der Waals surface area (Å²) in [5.41, 5.74) is 3.78. The minimum atomic E-state index is -3.66. The molecule has 28 heavy (non-hydrogen) atoms. The molecule has 1 atom stereocenters. The third-order valence-electron chi connectivity index (χ3n) is 5.05. The third-order valence-corrected chi connectivity index (χ3v) is 6.73. The quantitative estimate of drug-likeness (QED) is 0.696. The van der Waals surface area contributed by atoms with Crippen LogP contribution >= 0.6 is 0 Å². The zero-order valence-electron chi connectivity index (χ0n) is 18.3. The first-order chi connectivity index (χ1) is 12.9. The van der Waals surface area contributed by atoms with Crippen LogP contribution in [-0.4, -0.2) is 15.5 Å². The van der Waals surface area contributed by atoms with Crippen molar-refractivity contribution in [3.8, 4) is 5.75 Å². The smallest absolute Gasteiger partial charge is 0.241 e. The Balaban J connectivity index is 2.34. The highest BCUT2D eigenvalue weighted by molar-refractivity contribution is 7.89. The first-order valence-electron chi connectivity index (χ1n) is 9.68. The fraction of sp³-hybridized carbons (Fsp3) is 0.478. The predicted molar refractivity (Wildman–Crippen MR) is 116 cm³/mol. The molecule has 0 aliphatic rings. The fourth-order valence-electron chi connectivity index (χ4n) is 3.23. The number of benzene rings is 2. The molecule has 1 N–H and O–H groups in total. The Bertz CT molecular complexity index is 924. The molecule has 154 valence electrons. The van der Waals surface area contributed by atoms with Gasteiger partial charge in [0.05, 0.1) is 12.0 Å². The summed E-state index contributed by atoms with van der Waals surface area (Å²) >= 11 is 0. The molecular weight excluding hydrogens is 370 g/mol. The topological polar surface area (TPSA) is 55.4 Å². The first kappa shape index (κ1) is 22.4. The van der Waals surface area contributed by atoms with E-state index in [1.807, 2.05) is 32.9 Å². The number of aryl methyl sites for hydroxylation is 1. The average Bonchev–Trinajstić information content (AvgIpc) is 2.59. The van der Waals surface area contributed by atoms with Gasteiger partial charge in [-0.1, -0.05) is 58.9 Å². The Morgan fingerprint density at radius 2 is 1.57 bits per heavy atom. The number of rotatable bonds is 6. The van der Waals surface area contributed by atoms with Gasteiger partial charge >= 0.3 is 0 Å². The van der Waals surface area contributed by atoms with Gasteiger partial charge in [0, 0.05) is 6.04 Å². The number of nitrogens with one attached hydrogen (secondary N) is 1. The second kappa shape index (κ2) is 8.26. The fourth-order valence-corrected chi connectivity index (χ4v) is 4.72. The molecule has 0 spiro atoms. The predicted octanol–water partition coefficient (Wildman–Crippen LogP) is 5.46. The van der Waals surface area contributed by atoms with Gasteiger partial charge in [0.2, 0.25) is 10.0 Å². The summed E-state index contributed by atoms with van der Waals surface area (Å²) in [6.45, 7) is 14.2. The number of hydrogen-bond acceptors (Lipinski definition) is 3. The minimum Gasteiger partial charge on any atom is -0.496 e. The summed E-state index contributed by atoms with van der Waals surface area (Å²) < 4.78 is 34.4. The van der Waals surface area contributed by atoms with Gasteiger partial charge in [-0.05, 0) is 59.6 Å². The Morgan fingerprint density at radius 1 is 1.00 bits per heavy atom. The molecule has 0 amide bonds. The van der Waals surface area contributed by atoms with Gasteiger partial charge in [-0.15, -0.1) is 0 Å². The lowest BCUT2D eigenvalue weighted by Crippen LogP contribution is -2.27. The molecule has 0 radical (unpaired) electrons. The summed E-state index contributed by atoms with van der Waals surface area (Å²) in [6.07, 6.45) is 0. The van der Waals surface area contributed by atoms with Crippen LogP contribution in [0.15, 0.2) is 41.3 Å². The maximum absolute atomic E-state index is 13.1. The molecule has 0 aromatic heterocycles. The van der Waals surface area contributed by atoms with E-state index in [4.69, 9.17) is 4.74 Å². The second-order valence-electron chi connectivity index (χ2n) is 8.73. The van der Waals surface area contributed by atoms with Crippen molar-refractivity contribution in [3.63, 3.8) is 0 Å². The Labute approximate surface area is 170 Å². The molecule has 5 heteroatoms. The van der Waals surface area contributed by atoms with Gasteiger partial charge < -0.3 is 4.74 Å². The molecular formula is C23H33NO3S. The summed E-state index contributed by atoms with van der Waals surface area (Å²) in [7, 11) is -2.06. The number of ether oxygens (including phenoxy) is 1. The molecule has 0 bridgehead atoms. The number of hydrogen-bond donors (Lipinski definition) is 1. The van der Waals surface area contributed by atoms with Crippen molar-refractivity contribution < 1.29 is 13.2 Å². The van der Waals surface area contributed by atoms with Crippen LogP contribution in [0.1, 0.15) is 75.8 Å². The second-order valence-corrected chi connectivity index (χ2v) is 10.4. The molecule has 0 heterocycles. The maximum Gasteiger partial charge on any atom is 0.241 e. The first-order valence-corrected chi connectivity index (χ1v) is 11.2. The van der Waals surface area contributed by atoms with E-state index in [9.17, 15) is 8.42 Å². The molecule has 2 rings (SSSR count). The standard InChI is InChI=1S/C23H33NO3S/c1-15(2)20-14-22(16(3)13-21(20)27-8)28(25,26)24-17(4)18-9-11-19(12-10-18)23(5,6)7/h9-15,17,24H,1-8H3/t17-/m0/s1. The van der Waals surface area contributed by atoms with Gasteiger partial charge in [-0.25, -0.2) is 13.1 Å². The van der Waals surface area contributed by atoms with Crippen molar-refractivity contribution in [3.05, 3.63) is 58.7 Å². The van der Waals surface area contributed by atoms with Gasteiger partial charge in [0.25, 0.3) is 0 Å². The van der Waals surface area contributed by atoms with E-state index >= 15 is 0 Å². The molecule has 0 saturated carbocycles. The lowest BCUT2D eigenvalue weighted by Gasteiger charge is -2.21. The lowest BCUT2D eigenvalue weighted by molar-refractivity contribution is 0.406. The van der Waals surface area contributed by atoms with E-state index in [1.54, 1.807) is 26.2 Å². The molecule has 0 saturated heterocycles. The van der Waals surface area contributed by atoms with Gasteiger partial charge in [-0.2, -0.15) is 0 Å². The van der Waals surface area contributed by atoms with Crippen LogP contribution in [0, 0.1) is 6.92 Å². The normalized spacial score (nSPS) is 13.6. The van der Waals surface area contributed by atoms with Crippen molar-refractivity contribution in [2.75, 3.05) is 7.11 Å². The molecule has 0 fully saturated rings. The van der Waals surface area contributed by atoms with Crippen molar-refractivity contribution >= 4 is 10.0 Å². The van der Waals surface area contributed by atoms with E-state index in [-0.39, 0.29) is 17.4 Å². The number of methoxy groups -OCH3 is 1. The monoisotopic (exact) mass is 403 g/mol. The largest absolute Gasteiger partial charge is 0.496 e. The Kier molecular flexibility index (Phi) is 6.62. The average molecular weight is 404 g/mol. The van der Waals surface area contributed by atoms with Crippen LogP contribution in [0.25, 0.3) is 0 Å². The van der Waals surface area contributed by atoms with Gasteiger partial charge in [0.15, 0.2) is 0 Å². The molecule has 4 nitrogen and oxygen atoms in total. The van der Waals surface area contributed by atoms with E-state index in [2.05, 4.69) is 37.6 Å². The zero-order chi connectivity index (χ0) is 21.3. The van der Waals surface area contributed by atoms with Crippen LogP contribution in [0.5, 0.6) is 5.75 Å². The van der Waals surface area contributed by atoms with E-state index in [0.717, 1.165) is 16.9 Å². The molecule has 2 aromatic rings. The highest BCUT2D eigenvalue weighted by Gasteiger charge is 2.23. The highest BCUT2D eigenvalue weighted by atomic mass is 32.2. The SMILES string of the molecule is COc1cc(C)c(S(=O)(=O)N[C@@H](C)c2ccc(C(C)(C)C)cc2)cc1C(C)C. The van der Waals surface area contributed by atoms with Crippen LogP contribution in [0.4, 0.5) is 0 Å². The van der Waals surface area contributed by atoms with Crippen molar-refractivity contribution in [1.29, 1.82) is 0 Å². The van der Waals surface area contributed by atoms with E-state index in [0.29, 0.717) is 10.5 Å². The summed E-state index contributed by atoms with van der Waals surface area (Å²) in [4.78, 5) is 0.301. The van der Waals surface area contributed by atoms with Crippen LogP contribution in [-0.2, 0) is 15.4 Å². The van der Waals surface area contributed by atoms with E-state index in [1.165, 1.54) is 5.56 Å². The maximum atomic E-state index is 13.1. The lowest BCUT2D eigenvalue weighted by atomic mass is 9.86. The Morgan fingerprint density at radius 3 is 2.04 bits per heavy atom. The molecule has 0 aliphatic heterocycles. The highest BCUT2D eigenvalue weighted by Crippen LogP contribution is 2.32. The van der Waals surface area contributed by atoms with Crippen molar-refractivity contribution in [2.24, 2.45) is 0 Å². The number of sulfonamides is 1. The molecule has 0 aliphatic carbocycles. The summed E-state index contributed by atoms with van der Waals surface area (Å²) in [6, 6.07) is 11.3. The van der Waals surface area contributed by atoms with Crippen LogP contribution in [0.3, 0.4) is 0 Å². The third kappa shape index (κ3) is 4.95. The van der Waals surface area contributed by atoms with Crippen LogP contribution < -0.4 is 9.46 Å². The summed E-state index contributed by atoms with van der Waals surface area (Å²) in [5.74, 6) is 0.879. The van der Waals surface area contributed by atoms with Crippen LogP contribution in [0.2, 0.25) is 0 Å². The van der Waals surface area contributed by atoms with E-state index < -0.39 is 10.0 Å². The molecule has 0 unspecified atom stereocenters. The zero-order valence-corrected chi connectivity index (χ0v) is 19.1. The van der Waals surface area contributed by atoms with Crippen molar-refractivity contribution in [2.45, 2.75) is 70.7 Å². The van der Waals surface area contributed by atoms with Gasteiger partial charge in [-0.3, -0.25) is 0 Å². The summed E-state index contributed by atoms with van der Waals surface area (Å²) in [5, 5.41) is 0. The van der Waals surface area contributed by atoms with Gasteiger partial charge in [0.1, 0.15) is 5.75 Å².